The van der Waals surface area contributed by atoms with Crippen molar-refractivity contribution in [3.8, 4) is 0 Å². The van der Waals surface area contributed by atoms with Gasteiger partial charge in [0, 0.05) is 38.2 Å². The molecule has 1 saturated heterocycles. The zero-order valence-corrected chi connectivity index (χ0v) is 11.1. The van der Waals surface area contributed by atoms with Crippen LogP contribution in [0.2, 0.25) is 0 Å². The number of carbonyl (C=O) groups excluding carboxylic acids is 1. The van der Waals surface area contributed by atoms with Crippen molar-refractivity contribution in [1.29, 1.82) is 0 Å². The van der Waals surface area contributed by atoms with Crippen molar-refractivity contribution in [2.45, 2.75) is 58.0 Å². The lowest BCUT2D eigenvalue weighted by molar-refractivity contribution is -0.132. The van der Waals surface area contributed by atoms with Crippen LogP contribution in [0.3, 0.4) is 0 Å². The lowest BCUT2D eigenvalue weighted by atomic mass is 10.0. The van der Waals surface area contributed by atoms with E-state index in [0.29, 0.717) is 18.5 Å². The fourth-order valence-corrected chi connectivity index (χ4v) is 2.31. The average Bonchev–Trinajstić information content (AvgIpc) is 2.29. The maximum atomic E-state index is 11.8. The van der Waals surface area contributed by atoms with Gasteiger partial charge in [-0.25, -0.2) is 0 Å². The number of aliphatic hydroxyl groups excluding tert-OH is 1. The van der Waals surface area contributed by atoms with Gasteiger partial charge in [-0.2, -0.15) is 0 Å². The molecule has 0 spiro atoms. The SMILES string of the molecule is CC(C)NC1CCN(C(=O)CCCCO)CC1. The number of unbranched alkanes of at least 4 members (excludes halogenated alkanes) is 1. The van der Waals surface area contributed by atoms with Crippen LogP contribution in [0.4, 0.5) is 0 Å². The average molecular weight is 242 g/mol. The van der Waals surface area contributed by atoms with E-state index in [0.717, 1.165) is 38.8 Å². The molecule has 0 atom stereocenters. The second-order valence-corrected chi connectivity index (χ2v) is 5.16. The summed E-state index contributed by atoms with van der Waals surface area (Å²) in [5.41, 5.74) is 0. The van der Waals surface area contributed by atoms with Gasteiger partial charge in [0.15, 0.2) is 0 Å². The molecule has 0 aromatic heterocycles. The number of nitrogens with one attached hydrogen (secondary N) is 1. The van der Waals surface area contributed by atoms with Crippen molar-refractivity contribution in [1.82, 2.24) is 10.2 Å². The monoisotopic (exact) mass is 242 g/mol. The highest BCUT2D eigenvalue weighted by molar-refractivity contribution is 5.76. The maximum absolute atomic E-state index is 11.8. The van der Waals surface area contributed by atoms with Crippen LogP contribution in [0, 0.1) is 0 Å². The molecule has 0 aliphatic carbocycles. The molecule has 0 saturated carbocycles. The number of carbonyl (C=O) groups is 1. The van der Waals surface area contributed by atoms with E-state index in [2.05, 4.69) is 19.2 Å². The van der Waals surface area contributed by atoms with Crippen LogP contribution in [-0.4, -0.2) is 47.7 Å². The Morgan fingerprint density at radius 3 is 2.53 bits per heavy atom. The summed E-state index contributed by atoms with van der Waals surface area (Å²) in [5.74, 6) is 0.251. The predicted octanol–water partition coefficient (Wildman–Crippen LogP) is 1.14. The highest BCUT2D eigenvalue weighted by Crippen LogP contribution is 2.13. The molecule has 0 bridgehead atoms. The molecule has 4 heteroatoms. The highest BCUT2D eigenvalue weighted by Gasteiger charge is 2.22. The lowest BCUT2D eigenvalue weighted by Gasteiger charge is -2.33. The third-order valence-corrected chi connectivity index (χ3v) is 3.22. The summed E-state index contributed by atoms with van der Waals surface area (Å²) in [6, 6.07) is 1.09. The number of hydrogen-bond donors (Lipinski definition) is 2. The maximum Gasteiger partial charge on any atom is 0.222 e. The van der Waals surface area contributed by atoms with Gasteiger partial charge < -0.3 is 15.3 Å². The first kappa shape index (κ1) is 14.5. The molecule has 0 aromatic carbocycles. The molecular formula is C13H26N2O2. The number of amides is 1. The second-order valence-electron chi connectivity index (χ2n) is 5.16. The molecule has 0 unspecified atom stereocenters. The zero-order valence-electron chi connectivity index (χ0n) is 11.1. The molecule has 100 valence electrons. The number of rotatable bonds is 6. The van der Waals surface area contributed by atoms with Gasteiger partial charge in [0.1, 0.15) is 0 Å². The molecule has 17 heavy (non-hydrogen) atoms. The summed E-state index contributed by atoms with van der Waals surface area (Å²) in [5, 5.41) is 12.2. The van der Waals surface area contributed by atoms with Crippen molar-refractivity contribution in [3.63, 3.8) is 0 Å². The molecule has 1 aliphatic rings. The Labute approximate surface area is 104 Å². The topological polar surface area (TPSA) is 52.6 Å². The van der Waals surface area contributed by atoms with E-state index in [9.17, 15) is 4.79 Å². The highest BCUT2D eigenvalue weighted by atomic mass is 16.3. The van der Waals surface area contributed by atoms with Crippen LogP contribution in [0.5, 0.6) is 0 Å². The van der Waals surface area contributed by atoms with E-state index in [1.54, 1.807) is 0 Å². The standard InChI is InChI=1S/C13H26N2O2/c1-11(2)14-12-6-8-15(9-7-12)13(17)5-3-4-10-16/h11-12,14,16H,3-10H2,1-2H3. The van der Waals surface area contributed by atoms with Gasteiger partial charge >= 0.3 is 0 Å². The first-order valence-corrected chi connectivity index (χ1v) is 6.78. The molecule has 1 heterocycles. The van der Waals surface area contributed by atoms with Gasteiger partial charge in [-0.3, -0.25) is 4.79 Å². The van der Waals surface area contributed by atoms with Crippen LogP contribution >= 0.6 is 0 Å². The Morgan fingerprint density at radius 2 is 2.00 bits per heavy atom. The van der Waals surface area contributed by atoms with Crippen LogP contribution in [-0.2, 0) is 4.79 Å². The van der Waals surface area contributed by atoms with Gasteiger partial charge in [0.25, 0.3) is 0 Å². The number of nitrogens with zero attached hydrogens (tertiary/aromatic N) is 1. The molecule has 1 fully saturated rings. The molecule has 2 N–H and O–H groups in total. The van der Waals surface area contributed by atoms with Crippen LogP contribution < -0.4 is 5.32 Å². The molecule has 1 rings (SSSR count). The van der Waals surface area contributed by atoms with Crippen LogP contribution in [0.25, 0.3) is 0 Å². The number of likely N-dealkylation sites (tertiary alicyclic amines) is 1. The third kappa shape index (κ3) is 5.50. The van der Waals surface area contributed by atoms with Gasteiger partial charge in [-0.1, -0.05) is 13.8 Å². The molecule has 1 aliphatic heterocycles. The minimum absolute atomic E-state index is 0.188. The molecular weight excluding hydrogens is 216 g/mol. The number of hydrogen-bond acceptors (Lipinski definition) is 3. The fourth-order valence-electron chi connectivity index (χ4n) is 2.31. The van der Waals surface area contributed by atoms with Crippen molar-refractivity contribution < 1.29 is 9.90 Å². The Bertz CT molecular complexity index is 223. The van der Waals surface area contributed by atoms with E-state index in [4.69, 9.17) is 5.11 Å². The Balaban J connectivity index is 2.19. The number of aliphatic hydroxyl groups is 1. The van der Waals surface area contributed by atoms with Crippen molar-refractivity contribution in [2.24, 2.45) is 0 Å². The normalized spacial score (nSPS) is 17.8. The fraction of sp³-hybridized carbons (Fsp3) is 0.923. The largest absolute Gasteiger partial charge is 0.396 e. The van der Waals surface area contributed by atoms with Crippen molar-refractivity contribution in [3.05, 3.63) is 0 Å². The minimum Gasteiger partial charge on any atom is -0.396 e. The quantitative estimate of drug-likeness (QED) is 0.687. The van der Waals surface area contributed by atoms with E-state index in [1.807, 2.05) is 4.90 Å². The smallest absolute Gasteiger partial charge is 0.222 e. The van der Waals surface area contributed by atoms with Gasteiger partial charge in [-0.15, -0.1) is 0 Å². The van der Waals surface area contributed by atoms with E-state index in [1.165, 1.54) is 0 Å². The molecule has 1 amide bonds. The van der Waals surface area contributed by atoms with E-state index in [-0.39, 0.29) is 12.5 Å². The first-order chi connectivity index (χ1) is 8.13. The van der Waals surface area contributed by atoms with Crippen molar-refractivity contribution in [2.75, 3.05) is 19.7 Å². The minimum atomic E-state index is 0.188. The summed E-state index contributed by atoms with van der Waals surface area (Å²) in [6.45, 7) is 6.26. The van der Waals surface area contributed by atoms with Gasteiger partial charge in [0.2, 0.25) is 5.91 Å². The summed E-state index contributed by atoms with van der Waals surface area (Å²) >= 11 is 0. The Morgan fingerprint density at radius 1 is 1.35 bits per heavy atom. The molecule has 0 aromatic rings. The van der Waals surface area contributed by atoms with E-state index < -0.39 is 0 Å². The third-order valence-electron chi connectivity index (χ3n) is 3.22. The van der Waals surface area contributed by atoms with Crippen LogP contribution in [0.1, 0.15) is 46.0 Å². The van der Waals surface area contributed by atoms with Gasteiger partial charge in [0.05, 0.1) is 0 Å². The lowest BCUT2D eigenvalue weighted by Crippen LogP contribution is -2.46. The summed E-state index contributed by atoms with van der Waals surface area (Å²) < 4.78 is 0. The summed E-state index contributed by atoms with van der Waals surface area (Å²) in [7, 11) is 0. The van der Waals surface area contributed by atoms with Crippen molar-refractivity contribution >= 4 is 5.91 Å². The number of piperidine rings is 1. The predicted molar refractivity (Wildman–Crippen MR) is 68.8 cm³/mol. The summed E-state index contributed by atoms with van der Waals surface area (Å²) in [4.78, 5) is 13.8. The van der Waals surface area contributed by atoms with Gasteiger partial charge in [-0.05, 0) is 25.7 Å². The Hall–Kier alpha value is -0.610. The van der Waals surface area contributed by atoms with E-state index >= 15 is 0 Å². The first-order valence-electron chi connectivity index (χ1n) is 6.78. The Kier molecular flexibility index (Phi) is 6.52. The summed E-state index contributed by atoms with van der Waals surface area (Å²) in [6.07, 6.45) is 4.24. The zero-order chi connectivity index (χ0) is 12.7. The molecule has 0 radical (unpaired) electrons. The molecule has 4 nitrogen and oxygen atoms in total. The second kappa shape index (κ2) is 7.67. The van der Waals surface area contributed by atoms with Crippen LogP contribution in [0.15, 0.2) is 0 Å².